The van der Waals surface area contributed by atoms with Crippen LogP contribution >= 0.6 is 38.9 Å². The summed E-state index contributed by atoms with van der Waals surface area (Å²) in [5.41, 5.74) is 2.20. The molecule has 2 rings (SSSR count). The molecule has 0 aliphatic rings. The van der Waals surface area contributed by atoms with E-state index in [4.69, 9.17) is 21.1 Å². The number of hydrogen-bond acceptors (Lipinski definition) is 5. The number of aliphatic hydroxyl groups is 1. The molecule has 1 aromatic carbocycles. The van der Waals surface area contributed by atoms with Gasteiger partial charge in [0.15, 0.2) is 11.5 Å². The van der Waals surface area contributed by atoms with Crippen LogP contribution in [0.3, 0.4) is 0 Å². The van der Waals surface area contributed by atoms with E-state index in [-0.39, 0.29) is 0 Å². The van der Waals surface area contributed by atoms with Gasteiger partial charge in [-0.3, -0.25) is 0 Å². The first-order valence-corrected chi connectivity index (χ1v) is 7.32. The predicted molar refractivity (Wildman–Crippen MR) is 78.4 cm³/mol. The SMILES string of the molecule is COc1ccc(C(O)c2scnc2Br)c(Cl)c1OC. The number of thiazole rings is 1. The van der Waals surface area contributed by atoms with Gasteiger partial charge in [0.25, 0.3) is 0 Å². The number of benzene rings is 1. The number of rotatable bonds is 4. The molecule has 1 N–H and O–H groups in total. The second-order valence-corrected chi connectivity index (χ2v) is 5.63. The minimum atomic E-state index is -0.866. The van der Waals surface area contributed by atoms with E-state index in [0.29, 0.717) is 31.6 Å². The van der Waals surface area contributed by atoms with Crippen LogP contribution in [-0.2, 0) is 0 Å². The molecule has 0 fully saturated rings. The van der Waals surface area contributed by atoms with Gasteiger partial charge >= 0.3 is 0 Å². The van der Waals surface area contributed by atoms with E-state index in [2.05, 4.69) is 20.9 Å². The van der Waals surface area contributed by atoms with Gasteiger partial charge in [0.1, 0.15) is 10.7 Å². The number of halogens is 2. The van der Waals surface area contributed by atoms with E-state index in [1.807, 2.05) is 0 Å². The van der Waals surface area contributed by atoms with Gasteiger partial charge in [-0.15, -0.1) is 11.3 Å². The van der Waals surface area contributed by atoms with Gasteiger partial charge in [-0.05, 0) is 22.0 Å². The summed E-state index contributed by atoms with van der Waals surface area (Å²) in [7, 11) is 3.03. The van der Waals surface area contributed by atoms with Crippen molar-refractivity contribution in [3.63, 3.8) is 0 Å². The van der Waals surface area contributed by atoms with Crippen molar-refractivity contribution in [1.29, 1.82) is 0 Å². The van der Waals surface area contributed by atoms with Gasteiger partial charge in [0, 0.05) is 5.56 Å². The molecule has 4 nitrogen and oxygen atoms in total. The van der Waals surface area contributed by atoms with Crippen molar-refractivity contribution < 1.29 is 14.6 Å². The minimum absolute atomic E-state index is 0.328. The zero-order chi connectivity index (χ0) is 14.0. The van der Waals surface area contributed by atoms with E-state index >= 15 is 0 Å². The molecule has 1 aromatic heterocycles. The normalized spacial score (nSPS) is 12.3. The Hall–Kier alpha value is -0.820. The monoisotopic (exact) mass is 363 g/mol. The molecule has 0 saturated carbocycles. The van der Waals surface area contributed by atoms with E-state index in [1.54, 1.807) is 17.6 Å². The van der Waals surface area contributed by atoms with Crippen molar-refractivity contribution in [3.8, 4) is 11.5 Å². The third-order valence-corrected chi connectivity index (χ3v) is 4.77. The van der Waals surface area contributed by atoms with E-state index in [1.165, 1.54) is 25.6 Å². The van der Waals surface area contributed by atoms with Gasteiger partial charge in [-0.25, -0.2) is 4.98 Å². The maximum atomic E-state index is 10.4. The third-order valence-electron chi connectivity index (χ3n) is 2.61. The highest BCUT2D eigenvalue weighted by atomic mass is 79.9. The second kappa shape index (κ2) is 6.09. The van der Waals surface area contributed by atoms with Gasteiger partial charge in [-0.2, -0.15) is 0 Å². The fourth-order valence-corrected chi connectivity index (χ4v) is 3.43. The molecule has 0 spiro atoms. The van der Waals surface area contributed by atoms with E-state index < -0.39 is 6.10 Å². The quantitative estimate of drug-likeness (QED) is 0.899. The lowest BCUT2D eigenvalue weighted by molar-refractivity contribution is 0.222. The smallest absolute Gasteiger partial charge is 0.179 e. The second-order valence-electron chi connectivity index (χ2n) is 3.61. The van der Waals surface area contributed by atoms with Crippen LogP contribution < -0.4 is 9.47 Å². The number of hydrogen-bond donors (Lipinski definition) is 1. The lowest BCUT2D eigenvalue weighted by Crippen LogP contribution is -2.01. The molecule has 0 saturated heterocycles. The highest BCUT2D eigenvalue weighted by molar-refractivity contribution is 9.10. The first kappa shape index (κ1) is 14.6. The van der Waals surface area contributed by atoms with Crippen molar-refractivity contribution in [1.82, 2.24) is 4.98 Å². The predicted octanol–water partition coefficient (Wildman–Crippen LogP) is 3.66. The zero-order valence-electron chi connectivity index (χ0n) is 10.2. The van der Waals surface area contributed by atoms with Crippen LogP contribution in [0.1, 0.15) is 16.5 Å². The average molecular weight is 365 g/mol. The number of ether oxygens (including phenoxy) is 2. The molecule has 0 bridgehead atoms. The number of aliphatic hydroxyl groups excluding tert-OH is 1. The summed E-state index contributed by atoms with van der Waals surface area (Å²) in [6.45, 7) is 0. The van der Waals surface area contributed by atoms with Crippen molar-refractivity contribution in [2.24, 2.45) is 0 Å². The summed E-state index contributed by atoms with van der Waals surface area (Å²) in [5.74, 6) is 0.924. The molecule has 0 aliphatic carbocycles. The lowest BCUT2D eigenvalue weighted by atomic mass is 10.1. The fourth-order valence-electron chi connectivity index (χ4n) is 1.68. The molecule has 1 heterocycles. The first-order chi connectivity index (χ1) is 9.10. The standard InChI is InChI=1S/C12H11BrClNO3S/c1-17-7-4-3-6(8(14)10(7)18-2)9(16)11-12(13)15-5-19-11/h3-5,9,16H,1-2H3. The van der Waals surface area contributed by atoms with E-state index in [0.717, 1.165) is 0 Å². The van der Waals surface area contributed by atoms with Gasteiger partial charge in [0.05, 0.1) is 29.6 Å². The topological polar surface area (TPSA) is 51.6 Å². The third kappa shape index (κ3) is 2.72. The Kier molecular flexibility index (Phi) is 4.67. The average Bonchev–Trinajstić information content (AvgIpc) is 2.83. The van der Waals surface area contributed by atoms with Gasteiger partial charge < -0.3 is 14.6 Å². The Morgan fingerprint density at radius 2 is 2.11 bits per heavy atom. The molecule has 19 heavy (non-hydrogen) atoms. The molecule has 1 unspecified atom stereocenters. The maximum absolute atomic E-state index is 10.4. The molecule has 2 aromatic rings. The molecule has 7 heteroatoms. The van der Waals surface area contributed by atoms with Crippen LogP contribution in [-0.4, -0.2) is 24.3 Å². The van der Waals surface area contributed by atoms with Gasteiger partial charge in [-0.1, -0.05) is 17.7 Å². The maximum Gasteiger partial charge on any atom is 0.179 e. The highest BCUT2D eigenvalue weighted by Crippen LogP contribution is 2.42. The molecule has 0 amide bonds. The summed E-state index contributed by atoms with van der Waals surface area (Å²) < 4.78 is 11.0. The number of nitrogens with zero attached hydrogens (tertiary/aromatic N) is 1. The lowest BCUT2D eigenvalue weighted by Gasteiger charge is -2.16. The summed E-state index contributed by atoms with van der Waals surface area (Å²) in [6, 6.07) is 3.42. The largest absolute Gasteiger partial charge is 0.493 e. The van der Waals surface area contributed by atoms with Crippen molar-refractivity contribution in [2.75, 3.05) is 14.2 Å². The van der Waals surface area contributed by atoms with Crippen molar-refractivity contribution >= 4 is 38.9 Å². The number of aromatic nitrogens is 1. The van der Waals surface area contributed by atoms with Gasteiger partial charge in [0.2, 0.25) is 0 Å². The Bertz CT molecular complexity index is 590. The van der Waals surface area contributed by atoms with Crippen molar-refractivity contribution in [3.05, 3.63) is 37.7 Å². The zero-order valence-corrected chi connectivity index (χ0v) is 13.3. The van der Waals surface area contributed by atoms with Crippen molar-refractivity contribution in [2.45, 2.75) is 6.10 Å². The summed E-state index contributed by atoms with van der Waals surface area (Å²) >= 11 is 10.9. The number of methoxy groups -OCH3 is 2. The van der Waals surface area contributed by atoms with Crippen LogP contribution in [0.25, 0.3) is 0 Å². The Balaban J connectivity index is 2.49. The molecule has 0 radical (unpaired) electrons. The molecule has 1 atom stereocenters. The molecule has 102 valence electrons. The Morgan fingerprint density at radius 1 is 1.37 bits per heavy atom. The van der Waals surface area contributed by atoms with Crippen LogP contribution in [0.15, 0.2) is 22.2 Å². The molecular formula is C12H11BrClNO3S. The molecule has 0 aliphatic heterocycles. The molecular weight excluding hydrogens is 354 g/mol. The Labute approximate surface area is 128 Å². The van der Waals surface area contributed by atoms with Crippen LogP contribution in [0.4, 0.5) is 0 Å². The van der Waals surface area contributed by atoms with Crippen LogP contribution in [0.2, 0.25) is 5.02 Å². The summed E-state index contributed by atoms with van der Waals surface area (Å²) in [5, 5.41) is 10.7. The summed E-state index contributed by atoms with van der Waals surface area (Å²) in [4.78, 5) is 4.73. The minimum Gasteiger partial charge on any atom is -0.493 e. The highest BCUT2D eigenvalue weighted by Gasteiger charge is 2.22. The van der Waals surface area contributed by atoms with Crippen LogP contribution in [0, 0.1) is 0 Å². The Morgan fingerprint density at radius 3 is 2.63 bits per heavy atom. The fraction of sp³-hybridized carbons (Fsp3) is 0.250. The van der Waals surface area contributed by atoms with E-state index in [9.17, 15) is 5.11 Å². The first-order valence-electron chi connectivity index (χ1n) is 5.27. The van der Waals surface area contributed by atoms with Crippen LogP contribution in [0.5, 0.6) is 11.5 Å². The summed E-state index contributed by atoms with van der Waals surface area (Å²) in [6.07, 6.45) is -0.866.